The summed E-state index contributed by atoms with van der Waals surface area (Å²) >= 11 is 0. The Morgan fingerprint density at radius 2 is 1.03 bits per heavy atom. The minimum Gasteiger partial charge on any atom is -0.462 e. The van der Waals surface area contributed by atoms with Crippen LogP contribution < -0.4 is 0 Å². The van der Waals surface area contributed by atoms with Gasteiger partial charge in [-0.1, -0.05) is 113 Å². The van der Waals surface area contributed by atoms with Gasteiger partial charge in [0.05, 0.1) is 19.8 Å². The Hall–Kier alpha value is -2.80. The molecular formula is C46H76O15. The van der Waals surface area contributed by atoms with Gasteiger partial charge in [0.15, 0.2) is 18.7 Å². The second kappa shape index (κ2) is 33.7. The van der Waals surface area contributed by atoms with Gasteiger partial charge in [-0.2, -0.15) is 0 Å². The fourth-order valence-corrected chi connectivity index (χ4v) is 6.53. The molecule has 0 bridgehead atoms. The van der Waals surface area contributed by atoms with Crippen LogP contribution in [-0.4, -0.2) is 142 Å². The molecule has 7 N–H and O–H groups in total. The van der Waals surface area contributed by atoms with E-state index >= 15 is 0 Å². The zero-order valence-electron chi connectivity index (χ0n) is 36.4. The second-order valence-corrected chi connectivity index (χ2v) is 15.5. The van der Waals surface area contributed by atoms with Crippen molar-refractivity contribution in [2.75, 3.05) is 26.4 Å². The Kier molecular flexibility index (Phi) is 30.0. The lowest BCUT2D eigenvalue weighted by atomic mass is 9.98. The maximum atomic E-state index is 12.9. The van der Waals surface area contributed by atoms with Crippen LogP contribution >= 0.6 is 0 Å². The van der Waals surface area contributed by atoms with Gasteiger partial charge in [0, 0.05) is 12.8 Å². The second-order valence-electron chi connectivity index (χ2n) is 15.5. The summed E-state index contributed by atoms with van der Waals surface area (Å²) in [5, 5.41) is 71.7. The Labute approximate surface area is 362 Å². The number of rotatable bonds is 32. The normalized spacial score (nSPS) is 27.9. The van der Waals surface area contributed by atoms with Gasteiger partial charge in [0.25, 0.3) is 0 Å². The van der Waals surface area contributed by atoms with Crippen molar-refractivity contribution in [3.8, 4) is 0 Å². The highest BCUT2D eigenvalue weighted by Crippen LogP contribution is 2.26. The fraction of sp³-hybridized carbons (Fsp3) is 0.739. The number of hydrogen-bond donors (Lipinski definition) is 7. The Balaban J connectivity index is 1.83. The third kappa shape index (κ3) is 22.9. The first-order chi connectivity index (χ1) is 29.5. The molecule has 11 unspecified atom stereocenters. The minimum absolute atomic E-state index is 0.124. The van der Waals surface area contributed by atoms with Crippen molar-refractivity contribution in [2.45, 2.75) is 191 Å². The Bertz CT molecular complexity index is 1300. The zero-order chi connectivity index (χ0) is 44.7. The third-order valence-corrected chi connectivity index (χ3v) is 10.3. The summed E-state index contributed by atoms with van der Waals surface area (Å²) in [4.78, 5) is 25.4. The van der Waals surface area contributed by atoms with Crippen LogP contribution in [0.25, 0.3) is 0 Å². The topological polar surface area (TPSA) is 231 Å². The van der Waals surface area contributed by atoms with Crippen molar-refractivity contribution in [2.24, 2.45) is 0 Å². The summed E-state index contributed by atoms with van der Waals surface area (Å²) in [6.45, 7) is 2.32. The fourth-order valence-electron chi connectivity index (χ4n) is 6.53. The third-order valence-electron chi connectivity index (χ3n) is 10.3. The predicted molar refractivity (Wildman–Crippen MR) is 229 cm³/mol. The standard InChI is InChI=1S/C46H76O15/c1-3-5-7-9-11-12-13-14-15-16-17-18-19-20-21-22-23-25-27-29-38(49)59-34(31-56-37(48)28-26-24-10-8-6-4-2)32-57-45-44(55)42(53)40(51)36(61-45)33-58-46-43(54)41(52)39(50)35(30-47)60-46/h5,7,11-12,14-15,17-18,20-21,34-36,39-47,50-55H,3-4,6,8-10,13,16,19,22-33H2,1-2H3/b7-5-,12-11-,15-14-,18-17-,21-20-. The quantitative estimate of drug-likeness (QED) is 0.0280. The van der Waals surface area contributed by atoms with Gasteiger partial charge in [0.1, 0.15) is 55.4 Å². The molecule has 2 aliphatic rings. The number of esters is 2. The van der Waals surface area contributed by atoms with Gasteiger partial charge >= 0.3 is 11.9 Å². The summed E-state index contributed by atoms with van der Waals surface area (Å²) < 4.78 is 33.3. The summed E-state index contributed by atoms with van der Waals surface area (Å²) in [5.74, 6) is -0.980. The summed E-state index contributed by atoms with van der Waals surface area (Å²) in [6, 6.07) is 0. The van der Waals surface area contributed by atoms with Gasteiger partial charge in [-0.3, -0.25) is 9.59 Å². The number of aliphatic hydroxyl groups is 7. The van der Waals surface area contributed by atoms with Gasteiger partial charge in [-0.15, -0.1) is 0 Å². The number of aliphatic hydroxyl groups excluding tert-OH is 7. The molecule has 2 heterocycles. The molecule has 2 aliphatic heterocycles. The predicted octanol–water partition coefficient (Wildman–Crippen LogP) is 4.53. The van der Waals surface area contributed by atoms with Crippen LogP contribution in [0.5, 0.6) is 0 Å². The molecule has 2 saturated heterocycles. The van der Waals surface area contributed by atoms with E-state index in [9.17, 15) is 45.3 Å². The van der Waals surface area contributed by atoms with Crippen LogP contribution in [0.3, 0.4) is 0 Å². The lowest BCUT2D eigenvalue weighted by molar-refractivity contribution is -0.332. The molecule has 0 aromatic carbocycles. The molecule has 0 aromatic rings. The van der Waals surface area contributed by atoms with Crippen LogP contribution in [0, 0.1) is 0 Å². The average Bonchev–Trinajstić information content (AvgIpc) is 3.25. The highest BCUT2D eigenvalue weighted by atomic mass is 16.7. The summed E-state index contributed by atoms with van der Waals surface area (Å²) in [7, 11) is 0. The Morgan fingerprint density at radius 1 is 0.541 bits per heavy atom. The monoisotopic (exact) mass is 869 g/mol. The summed E-state index contributed by atoms with van der Waals surface area (Å²) in [5.41, 5.74) is 0. The molecule has 2 rings (SSSR count). The average molecular weight is 869 g/mol. The first-order valence-corrected chi connectivity index (χ1v) is 22.4. The molecule has 0 amide bonds. The molecule has 0 spiro atoms. The van der Waals surface area contributed by atoms with Crippen molar-refractivity contribution in [3.05, 3.63) is 60.8 Å². The highest BCUT2D eigenvalue weighted by Gasteiger charge is 2.47. The van der Waals surface area contributed by atoms with E-state index in [0.29, 0.717) is 12.8 Å². The van der Waals surface area contributed by atoms with Crippen molar-refractivity contribution in [1.29, 1.82) is 0 Å². The first kappa shape index (κ1) is 54.3. The smallest absolute Gasteiger partial charge is 0.306 e. The molecule has 2 fully saturated rings. The van der Waals surface area contributed by atoms with Crippen LogP contribution in [0.4, 0.5) is 0 Å². The highest BCUT2D eigenvalue weighted by molar-refractivity contribution is 5.70. The number of allylic oxidation sites excluding steroid dienone is 10. The van der Waals surface area contributed by atoms with E-state index in [-0.39, 0.29) is 19.4 Å². The van der Waals surface area contributed by atoms with Gasteiger partial charge in [-0.05, 0) is 57.8 Å². The molecule has 15 heteroatoms. The molecule has 11 atom stereocenters. The number of carbonyl (C=O) groups excluding carboxylic acids is 2. The largest absolute Gasteiger partial charge is 0.462 e. The Morgan fingerprint density at radius 3 is 1.62 bits per heavy atom. The molecule has 0 aliphatic carbocycles. The number of unbranched alkanes of at least 4 members (excludes halogenated alkanes) is 8. The van der Waals surface area contributed by atoms with Crippen molar-refractivity contribution in [1.82, 2.24) is 0 Å². The van der Waals surface area contributed by atoms with E-state index in [1.807, 2.05) is 0 Å². The van der Waals surface area contributed by atoms with E-state index in [0.717, 1.165) is 83.5 Å². The van der Waals surface area contributed by atoms with E-state index in [4.69, 9.17) is 28.4 Å². The van der Waals surface area contributed by atoms with Crippen LogP contribution in [0.15, 0.2) is 60.8 Å². The lowest BCUT2D eigenvalue weighted by Crippen LogP contribution is -2.61. The molecule has 0 radical (unpaired) electrons. The molecule has 0 aromatic heterocycles. The minimum atomic E-state index is -1.77. The van der Waals surface area contributed by atoms with E-state index < -0.39 is 99.3 Å². The van der Waals surface area contributed by atoms with Crippen molar-refractivity contribution >= 4 is 11.9 Å². The van der Waals surface area contributed by atoms with Crippen LogP contribution in [0.2, 0.25) is 0 Å². The summed E-state index contributed by atoms with van der Waals surface area (Å²) in [6.07, 6.45) is 18.8. The van der Waals surface area contributed by atoms with E-state index in [1.165, 1.54) is 0 Å². The molecular weight excluding hydrogens is 792 g/mol. The zero-order valence-corrected chi connectivity index (χ0v) is 36.4. The molecule has 0 saturated carbocycles. The molecule has 350 valence electrons. The molecule has 61 heavy (non-hydrogen) atoms. The lowest BCUT2D eigenvalue weighted by Gasteiger charge is -2.42. The first-order valence-electron chi connectivity index (χ1n) is 22.4. The van der Waals surface area contributed by atoms with Gasteiger partial charge < -0.3 is 64.2 Å². The number of hydrogen-bond acceptors (Lipinski definition) is 15. The van der Waals surface area contributed by atoms with Gasteiger partial charge in [0.2, 0.25) is 0 Å². The van der Waals surface area contributed by atoms with E-state index in [1.54, 1.807) is 0 Å². The maximum absolute atomic E-state index is 12.9. The van der Waals surface area contributed by atoms with E-state index in [2.05, 4.69) is 74.6 Å². The number of ether oxygens (including phenoxy) is 6. The van der Waals surface area contributed by atoms with Crippen LogP contribution in [-0.2, 0) is 38.0 Å². The van der Waals surface area contributed by atoms with Crippen LogP contribution in [0.1, 0.15) is 123 Å². The van der Waals surface area contributed by atoms with Gasteiger partial charge in [-0.25, -0.2) is 0 Å². The molecule has 15 nitrogen and oxygen atoms in total. The van der Waals surface area contributed by atoms with Crippen molar-refractivity contribution < 1.29 is 73.8 Å². The SMILES string of the molecule is CC/C=C\C/C=C\C/C=C\C/C=C\C/C=C\CCCCCC(=O)OC(COC(=O)CCCCCCCC)COC1OC(COC2OC(CO)C(O)C(O)C2O)C(O)C(O)C1O. The van der Waals surface area contributed by atoms with Crippen molar-refractivity contribution in [3.63, 3.8) is 0 Å². The maximum Gasteiger partial charge on any atom is 0.306 e. The number of carbonyl (C=O) groups is 2.